The highest BCUT2D eigenvalue weighted by atomic mass is 35.5. The minimum absolute atomic E-state index is 0.0866. The number of piperazine rings is 1. The summed E-state index contributed by atoms with van der Waals surface area (Å²) >= 11 is 7.30. The molecule has 3 heterocycles. The Morgan fingerprint density at radius 2 is 1.90 bits per heavy atom. The number of nitrogens with zero attached hydrogens (tertiary/aromatic N) is 3. The zero-order valence-electron chi connectivity index (χ0n) is 16.7. The maximum atomic E-state index is 13.1. The summed E-state index contributed by atoms with van der Waals surface area (Å²) < 4.78 is 27.5. The number of rotatable bonds is 5. The van der Waals surface area contributed by atoms with Crippen LogP contribution in [0.4, 0.5) is 0 Å². The number of piperidine rings is 1. The van der Waals surface area contributed by atoms with Crippen molar-refractivity contribution in [2.75, 3.05) is 39.3 Å². The normalized spacial score (nSPS) is 21.6. The number of halogens is 1. The van der Waals surface area contributed by atoms with Crippen LogP contribution in [0.15, 0.2) is 46.0 Å². The van der Waals surface area contributed by atoms with Crippen molar-refractivity contribution in [2.24, 2.45) is 5.92 Å². The van der Waals surface area contributed by atoms with Crippen molar-refractivity contribution in [3.05, 3.63) is 52.4 Å². The summed E-state index contributed by atoms with van der Waals surface area (Å²) in [6, 6.07) is 11.2. The molecule has 1 aromatic heterocycles. The standard InChI is InChI=1S/C21H26ClN3O3S2/c22-19-6-1-4-17(14-19)15-23-9-11-24(12-10-23)21(26)18-5-2-8-25(16-18)30(27,28)20-7-3-13-29-20/h1,3-4,6-7,13-14,18H,2,5,8-12,15-16H2. The fourth-order valence-corrected chi connectivity index (χ4v) is 7.06. The van der Waals surface area contributed by atoms with Crippen LogP contribution in [0.5, 0.6) is 0 Å². The van der Waals surface area contributed by atoms with E-state index in [1.54, 1.807) is 17.5 Å². The summed E-state index contributed by atoms with van der Waals surface area (Å²) in [5, 5.41) is 2.50. The van der Waals surface area contributed by atoms with E-state index in [0.29, 0.717) is 23.8 Å². The number of sulfonamides is 1. The Labute approximate surface area is 187 Å². The van der Waals surface area contributed by atoms with Crippen molar-refractivity contribution in [2.45, 2.75) is 23.6 Å². The van der Waals surface area contributed by atoms with Crippen molar-refractivity contribution >= 4 is 38.9 Å². The number of hydrogen-bond acceptors (Lipinski definition) is 5. The average molecular weight is 468 g/mol. The van der Waals surface area contributed by atoms with Gasteiger partial charge in [0.05, 0.1) is 5.92 Å². The molecule has 30 heavy (non-hydrogen) atoms. The predicted octanol–water partition coefficient (Wildman–Crippen LogP) is 3.15. The number of hydrogen-bond donors (Lipinski definition) is 0. The number of carbonyl (C=O) groups is 1. The molecule has 0 bridgehead atoms. The molecule has 162 valence electrons. The monoisotopic (exact) mass is 467 g/mol. The van der Waals surface area contributed by atoms with Gasteiger partial charge in [-0.1, -0.05) is 29.8 Å². The minimum atomic E-state index is -3.50. The van der Waals surface area contributed by atoms with Crippen molar-refractivity contribution in [1.29, 1.82) is 0 Å². The third kappa shape index (κ3) is 4.89. The molecule has 2 saturated heterocycles. The molecule has 0 N–H and O–H groups in total. The van der Waals surface area contributed by atoms with Gasteiger partial charge >= 0.3 is 0 Å². The third-order valence-electron chi connectivity index (χ3n) is 5.80. The molecule has 0 saturated carbocycles. The Bertz CT molecular complexity index is 973. The zero-order valence-corrected chi connectivity index (χ0v) is 19.1. The van der Waals surface area contributed by atoms with Crippen LogP contribution in [-0.2, 0) is 21.4 Å². The van der Waals surface area contributed by atoms with E-state index in [1.807, 2.05) is 23.1 Å². The second-order valence-electron chi connectivity index (χ2n) is 7.87. The van der Waals surface area contributed by atoms with Gasteiger partial charge < -0.3 is 4.90 Å². The molecule has 2 aliphatic rings. The third-order valence-corrected chi connectivity index (χ3v) is 9.28. The molecule has 1 aromatic carbocycles. The Morgan fingerprint density at radius 3 is 2.60 bits per heavy atom. The molecule has 9 heteroatoms. The Kier molecular flexibility index (Phi) is 6.79. The van der Waals surface area contributed by atoms with E-state index in [4.69, 9.17) is 11.6 Å². The first-order valence-electron chi connectivity index (χ1n) is 10.2. The second kappa shape index (κ2) is 9.36. The maximum Gasteiger partial charge on any atom is 0.252 e. The van der Waals surface area contributed by atoms with Crippen LogP contribution in [0.2, 0.25) is 5.02 Å². The van der Waals surface area contributed by atoms with Crippen molar-refractivity contribution in [3.8, 4) is 0 Å². The fourth-order valence-electron chi connectivity index (χ4n) is 4.18. The SMILES string of the molecule is O=C(C1CCCN(S(=O)(=O)c2cccs2)C1)N1CCN(Cc2cccc(Cl)c2)CC1. The Balaban J connectivity index is 1.32. The molecule has 2 fully saturated rings. The van der Waals surface area contributed by atoms with Crippen LogP contribution in [-0.4, -0.2) is 67.7 Å². The first kappa shape index (κ1) is 21.8. The minimum Gasteiger partial charge on any atom is -0.340 e. The molecule has 6 nitrogen and oxygen atoms in total. The topological polar surface area (TPSA) is 60.9 Å². The number of benzene rings is 1. The van der Waals surface area contributed by atoms with Gasteiger partial charge in [0, 0.05) is 50.8 Å². The lowest BCUT2D eigenvalue weighted by atomic mass is 9.97. The summed E-state index contributed by atoms with van der Waals surface area (Å²) in [4.78, 5) is 17.3. The molecule has 1 amide bonds. The highest BCUT2D eigenvalue weighted by Gasteiger charge is 2.36. The smallest absolute Gasteiger partial charge is 0.252 e. The first-order chi connectivity index (χ1) is 14.4. The quantitative estimate of drug-likeness (QED) is 0.677. The lowest BCUT2D eigenvalue weighted by Gasteiger charge is -2.38. The van der Waals surface area contributed by atoms with Crippen LogP contribution in [0.1, 0.15) is 18.4 Å². The summed E-state index contributed by atoms with van der Waals surface area (Å²) in [5.74, 6) is -0.170. The van der Waals surface area contributed by atoms with Gasteiger partial charge in [0.1, 0.15) is 4.21 Å². The van der Waals surface area contributed by atoms with Gasteiger partial charge in [0.2, 0.25) is 5.91 Å². The van der Waals surface area contributed by atoms with Crippen LogP contribution in [0.25, 0.3) is 0 Å². The van der Waals surface area contributed by atoms with Crippen LogP contribution in [0, 0.1) is 5.92 Å². The number of carbonyl (C=O) groups excluding carboxylic acids is 1. The lowest BCUT2D eigenvalue weighted by molar-refractivity contribution is -0.138. The molecule has 0 radical (unpaired) electrons. The highest BCUT2D eigenvalue weighted by Crippen LogP contribution is 2.27. The van der Waals surface area contributed by atoms with Crippen molar-refractivity contribution in [3.63, 3.8) is 0 Å². The highest BCUT2D eigenvalue weighted by molar-refractivity contribution is 7.91. The zero-order chi connectivity index (χ0) is 21.1. The van der Waals surface area contributed by atoms with Gasteiger partial charge in [0.25, 0.3) is 10.0 Å². The molecule has 2 aliphatic heterocycles. The van der Waals surface area contributed by atoms with E-state index >= 15 is 0 Å². The Morgan fingerprint density at radius 1 is 1.10 bits per heavy atom. The van der Waals surface area contributed by atoms with E-state index < -0.39 is 10.0 Å². The molecule has 2 aromatic rings. The van der Waals surface area contributed by atoms with E-state index in [1.165, 1.54) is 21.2 Å². The lowest BCUT2D eigenvalue weighted by Crippen LogP contribution is -2.52. The van der Waals surface area contributed by atoms with Gasteiger partial charge in [-0.15, -0.1) is 11.3 Å². The molecule has 1 unspecified atom stereocenters. The summed E-state index contributed by atoms with van der Waals surface area (Å²) in [5.41, 5.74) is 1.17. The van der Waals surface area contributed by atoms with Gasteiger partial charge in [-0.25, -0.2) is 8.42 Å². The molecular weight excluding hydrogens is 442 g/mol. The number of thiophene rings is 1. The van der Waals surface area contributed by atoms with E-state index in [9.17, 15) is 13.2 Å². The fraction of sp³-hybridized carbons (Fsp3) is 0.476. The Hall–Kier alpha value is -1.45. The summed E-state index contributed by atoms with van der Waals surface area (Å²) in [6.45, 7) is 4.55. The molecule has 1 atom stereocenters. The summed E-state index contributed by atoms with van der Waals surface area (Å²) in [6.07, 6.45) is 1.47. The van der Waals surface area contributed by atoms with Crippen LogP contribution < -0.4 is 0 Å². The van der Waals surface area contributed by atoms with E-state index in [0.717, 1.165) is 37.5 Å². The van der Waals surface area contributed by atoms with Gasteiger partial charge in [0.15, 0.2) is 0 Å². The average Bonchev–Trinajstić information content (AvgIpc) is 3.30. The molecule has 0 spiro atoms. The van der Waals surface area contributed by atoms with Gasteiger partial charge in [-0.2, -0.15) is 4.31 Å². The van der Waals surface area contributed by atoms with E-state index in [2.05, 4.69) is 11.0 Å². The second-order valence-corrected chi connectivity index (χ2v) is 11.4. The predicted molar refractivity (Wildman–Crippen MR) is 119 cm³/mol. The molecular formula is C21H26ClN3O3S2. The van der Waals surface area contributed by atoms with Crippen molar-refractivity contribution in [1.82, 2.24) is 14.1 Å². The maximum absolute atomic E-state index is 13.1. The molecule has 0 aliphatic carbocycles. The first-order valence-corrected chi connectivity index (χ1v) is 12.9. The van der Waals surface area contributed by atoms with Crippen molar-refractivity contribution < 1.29 is 13.2 Å². The van der Waals surface area contributed by atoms with Gasteiger partial charge in [-0.3, -0.25) is 9.69 Å². The van der Waals surface area contributed by atoms with E-state index in [-0.39, 0.29) is 18.4 Å². The van der Waals surface area contributed by atoms with Gasteiger partial charge in [-0.05, 0) is 42.0 Å². The summed E-state index contributed by atoms with van der Waals surface area (Å²) in [7, 11) is -3.50. The van der Waals surface area contributed by atoms with Crippen LogP contribution >= 0.6 is 22.9 Å². The number of amides is 1. The molecule has 4 rings (SSSR count). The largest absolute Gasteiger partial charge is 0.340 e. The van der Waals surface area contributed by atoms with Crippen LogP contribution in [0.3, 0.4) is 0 Å².